The Labute approximate surface area is 132 Å². The molecule has 1 aromatic carbocycles. The molecule has 2 rings (SSSR count). The molecule has 0 spiro atoms. The molecule has 1 aromatic rings. The number of piperidine rings is 1. The van der Waals surface area contributed by atoms with E-state index in [1.807, 2.05) is 29.2 Å². The molecule has 1 fully saturated rings. The predicted octanol–water partition coefficient (Wildman–Crippen LogP) is 1.92. The number of likely N-dealkylation sites (tertiary alicyclic amines) is 1. The third-order valence-electron chi connectivity index (χ3n) is 3.89. The molecule has 1 aliphatic rings. The topological polar surface area (TPSA) is 50.8 Å². The van der Waals surface area contributed by atoms with Gasteiger partial charge in [0.1, 0.15) is 18.1 Å². The predicted molar refractivity (Wildman–Crippen MR) is 86.3 cm³/mol. The van der Waals surface area contributed by atoms with Crippen molar-refractivity contribution in [2.75, 3.05) is 39.9 Å². The molecule has 1 amide bonds. The molecule has 1 heterocycles. The van der Waals surface area contributed by atoms with E-state index in [2.05, 4.69) is 12.2 Å². The smallest absolute Gasteiger partial charge is 0.236 e. The average molecular weight is 306 g/mol. The van der Waals surface area contributed by atoms with Crippen molar-refractivity contribution in [2.45, 2.75) is 19.8 Å². The molecule has 0 saturated carbocycles. The van der Waals surface area contributed by atoms with Gasteiger partial charge in [0.15, 0.2) is 0 Å². The molecular formula is C17H26N2O3. The maximum atomic E-state index is 12.1. The van der Waals surface area contributed by atoms with Gasteiger partial charge in [-0.05, 0) is 43.0 Å². The molecule has 22 heavy (non-hydrogen) atoms. The van der Waals surface area contributed by atoms with Crippen LogP contribution in [0.1, 0.15) is 19.8 Å². The van der Waals surface area contributed by atoms with E-state index in [-0.39, 0.29) is 5.91 Å². The number of nitrogens with one attached hydrogen (secondary N) is 1. The monoisotopic (exact) mass is 306 g/mol. The van der Waals surface area contributed by atoms with Crippen LogP contribution in [0, 0.1) is 5.92 Å². The number of nitrogens with zero attached hydrogens (tertiary/aromatic N) is 1. The third kappa shape index (κ3) is 5.22. The van der Waals surface area contributed by atoms with Gasteiger partial charge in [0.2, 0.25) is 5.91 Å². The van der Waals surface area contributed by atoms with Gasteiger partial charge in [-0.2, -0.15) is 0 Å². The van der Waals surface area contributed by atoms with Crippen LogP contribution in [0.25, 0.3) is 0 Å². The lowest BCUT2D eigenvalue weighted by Gasteiger charge is -2.31. The summed E-state index contributed by atoms with van der Waals surface area (Å²) in [5.41, 5.74) is 0. The van der Waals surface area contributed by atoms with Crippen molar-refractivity contribution in [1.29, 1.82) is 0 Å². The van der Waals surface area contributed by atoms with Crippen LogP contribution in [0.3, 0.4) is 0 Å². The Hall–Kier alpha value is -1.75. The zero-order valence-corrected chi connectivity index (χ0v) is 13.5. The molecular weight excluding hydrogens is 280 g/mol. The van der Waals surface area contributed by atoms with Crippen LogP contribution in [0.15, 0.2) is 24.3 Å². The van der Waals surface area contributed by atoms with Crippen LogP contribution in [0.4, 0.5) is 0 Å². The highest BCUT2D eigenvalue weighted by Crippen LogP contribution is 2.17. The molecule has 1 N–H and O–H groups in total. The number of benzene rings is 1. The molecule has 122 valence electrons. The van der Waals surface area contributed by atoms with Crippen molar-refractivity contribution in [1.82, 2.24) is 10.2 Å². The van der Waals surface area contributed by atoms with Crippen molar-refractivity contribution in [3.63, 3.8) is 0 Å². The summed E-state index contributed by atoms with van der Waals surface area (Å²) in [6, 6.07) is 7.48. The van der Waals surface area contributed by atoms with Crippen LogP contribution in [-0.4, -0.2) is 50.7 Å². The van der Waals surface area contributed by atoms with E-state index in [0.717, 1.165) is 31.0 Å². The van der Waals surface area contributed by atoms with Gasteiger partial charge < -0.3 is 19.7 Å². The number of hydrogen-bond acceptors (Lipinski definition) is 4. The minimum atomic E-state index is 0.191. The number of ether oxygens (including phenoxy) is 2. The molecule has 1 aliphatic heterocycles. The Morgan fingerprint density at radius 1 is 1.32 bits per heavy atom. The van der Waals surface area contributed by atoms with Gasteiger partial charge >= 0.3 is 0 Å². The molecule has 5 nitrogen and oxygen atoms in total. The molecule has 0 bridgehead atoms. The number of methoxy groups -OCH3 is 1. The van der Waals surface area contributed by atoms with E-state index >= 15 is 0 Å². The lowest BCUT2D eigenvalue weighted by atomic mass is 10.0. The lowest BCUT2D eigenvalue weighted by Crippen LogP contribution is -2.44. The van der Waals surface area contributed by atoms with Crippen LogP contribution in [-0.2, 0) is 4.79 Å². The highest BCUT2D eigenvalue weighted by molar-refractivity contribution is 5.78. The summed E-state index contributed by atoms with van der Waals surface area (Å²) in [6.07, 6.45) is 2.35. The number of hydrogen-bond donors (Lipinski definition) is 1. The maximum absolute atomic E-state index is 12.1. The Morgan fingerprint density at radius 3 is 2.73 bits per heavy atom. The van der Waals surface area contributed by atoms with E-state index in [9.17, 15) is 4.79 Å². The van der Waals surface area contributed by atoms with Crippen molar-refractivity contribution in [3.8, 4) is 11.5 Å². The molecule has 1 atom stereocenters. The van der Waals surface area contributed by atoms with Crippen molar-refractivity contribution >= 4 is 5.91 Å². The highest BCUT2D eigenvalue weighted by atomic mass is 16.5. The van der Waals surface area contributed by atoms with Crippen molar-refractivity contribution in [3.05, 3.63) is 24.3 Å². The Balaban J connectivity index is 1.59. The third-order valence-corrected chi connectivity index (χ3v) is 3.89. The fourth-order valence-corrected chi connectivity index (χ4v) is 2.64. The highest BCUT2D eigenvalue weighted by Gasteiger charge is 2.20. The van der Waals surface area contributed by atoms with Crippen LogP contribution in [0.2, 0.25) is 0 Å². The Kier molecular flexibility index (Phi) is 6.52. The summed E-state index contributed by atoms with van der Waals surface area (Å²) >= 11 is 0. The van der Waals surface area contributed by atoms with E-state index in [4.69, 9.17) is 9.47 Å². The standard InChI is InChI=1S/C17H26N2O3/c1-14-4-3-10-19(13-14)17(20)12-18-9-11-22-16-7-5-15(21-2)6-8-16/h5-8,14,18H,3-4,9-13H2,1-2H3. The summed E-state index contributed by atoms with van der Waals surface area (Å²) < 4.78 is 10.7. The summed E-state index contributed by atoms with van der Waals surface area (Å²) in [5.74, 6) is 2.43. The molecule has 5 heteroatoms. The van der Waals surface area contributed by atoms with Crippen molar-refractivity contribution in [2.24, 2.45) is 5.92 Å². The van der Waals surface area contributed by atoms with Gasteiger partial charge in [-0.25, -0.2) is 0 Å². The van der Waals surface area contributed by atoms with Crippen LogP contribution in [0.5, 0.6) is 11.5 Å². The van der Waals surface area contributed by atoms with E-state index < -0.39 is 0 Å². The molecule has 0 aliphatic carbocycles. The second-order valence-corrected chi connectivity index (χ2v) is 5.79. The van der Waals surface area contributed by atoms with Gasteiger partial charge in [0.05, 0.1) is 13.7 Å². The first kappa shape index (κ1) is 16.6. The number of carbonyl (C=O) groups excluding carboxylic acids is 1. The first-order valence-corrected chi connectivity index (χ1v) is 7.94. The number of carbonyl (C=O) groups is 1. The number of rotatable bonds is 7. The first-order chi connectivity index (χ1) is 10.7. The largest absolute Gasteiger partial charge is 0.497 e. The summed E-state index contributed by atoms with van der Waals surface area (Å²) in [7, 11) is 1.64. The SMILES string of the molecule is COc1ccc(OCCNCC(=O)N2CCCC(C)C2)cc1. The van der Waals surface area contributed by atoms with Gasteiger partial charge in [0, 0.05) is 19.6 Å². The molecule has 1 saturated heterocycles. The zero-order chi connectivity index (χ0) is 15.8. The quantitative estimate of drug-likeness (QED) is 0.782. The second-order valence-electron chi connectivity index (χ2n) is 5.79. The average Bonchev–Trinajstić information content (AvgIpc) is 2.55. The van der Waals surface area contributed by atoms with E-state index in [1.54, 1.807) is 7.11 Å². The summed E-state index contributed by atoms with van der Waals surface area (Å²) in [6.45, 7) is 5.57. The Morgan fingerprint density at radius 2 is 2.05 bits per heavy atom. The summed E-state index contributed by atoms with van der Waals surface area (Å²) in [5, 5.41) is 3.15. The zero-order valence-electron chi connectivity index (χ0n) is 13.5. The normalized spacial score (nSPS) is 18.1. The minimum Gasteiger partial charge on any atom is -0.497 e. The van der Waals surface area contributed by atoms with Gasteiger partial charge in [-0.15, -0.1) is 0 Å². The Bertz CT molecular complexity index is 461. The second kappa shape index (κ2) is 8.63. The van der Waals surface area contributed by atoms with Gasteiger partial charge in [0.25, 0.3) is 0 Å². The number of amides is 1. The van der Waals surface area contributed by atoms with Gasteiger partial charge in [-0.3, -0.25) is 4.79 Å². The minimum absolute atomic E-state index is 0.191. The van der Waals surface area contributed by atoms with Crippen LogP contribution >= 0.6 is 0 Å². The summed E-state index contributed by atoms with van der Waals surface area (Å²) in [4.78, 5) is 14.0. The van der Waals surface area contributed by atoms with Crippen molar-refractivity contribution < 1.29 is 14.3 Å². The maximum Gasteiger partial charge on any atom is 0.236 e. The van der Waals surface area contributed by atoms with E-state index in [1.165, 1.54) is 6.42 Å². The first-order valence-electron chi connectivity index (χ1n) is 7.94. The molecule has 1 unspecified atom stereocenters. The van der Waals surface area contributed by atoms with E-state index in [0.29, 0.717) is 25.6 Å². The molecule has 0 aromatic heterocycles. The fraction of sp³-hybridized carbons (Fsp3) is 0.588. The fourth-order valence-electron chi connectivity index (χ4n) is 2.64. The van der Waals surface area contributed by atoms with Crippen LogP contribution < -0.4 is 14.8 Å². The molecule has 0 radical (unpaired) electrons. The van der Waals surface area contributed by atoms with Gasteiger partial charge in [-0.1, -0.05) is 6.92 Å². The lowest BCUT2D eigenvalue weighted by molar-refractivity contribution is -0.131.